The molecule has 0 atom stereocenters. The maximum atomic E-state index is 10.9. The van der Waals surface area contributed by atoms with Crippen molar-refractivity contribution in [3.8, 4) is 0 Å². The zero-order chi connectivity index (χ0) is 17.1. The van der Waals surface area contributed by atoms with Crippen LogP contribution in [-0.4, -0.2) is 5.91 Å². The summed E-state index contributed by atoms with van der Waals surface area (Å²) in [5.74, 6) is 0.0142. The Morgan fingerprint density at radius 2 is 1.67 bits per heavy atom. The minimum Gasteiger partial charge on any atom is -0.398 e. The van der Waals surface area contributed by atoms with Gasteiger partial charge in [-0.15, -0.1) is 0 Å². The van der Waals surface area contributed by atoms with Crippen LogP contribution in [0.15, 0.2) is 34.8 Å². The molecule has 1 amide bonds. The summed E-state index contributed by atoms with van der Waals surface area (Å²) in [5.41, 5.74) is 13.4. The Morgan fingerprint density at radius 3 is 2.38 bits per heavy atom. The Hall–Kier alpha value is -1.81. The van der Waals surface area contributed by atoms with Crippen LogP contribution < -0.4 is 11.1 Å². The van der Waals surface area contributed by atoms with E-state index in [1.54, 1.807) is 6.92 Å². The molecule has 0 aliphatic heterocycles. The number of carbonyl (C=O) groups is 1. The molecule has 2 aliphatic carbocycles. The van der Waals surface area contributed by atoms with Crippen LogP contribution in [0.25, 0.3) is 0 Å². The van der Waals surface area contributed by atoms with Crippen molar-refractivity contribution in [2.24, 2.45) is 0 Å². The number of carbonyl (C=O) groups excluding carboxylic acids is 1. The third kappa shape index (κ3) is 3.64. The van der Waals surface area contributed by atoms with Crippen LogP contribution in [0.5, 0.6) is 0 Å². The molecule has 24 heavy (non-hydrogen) atoms. The molecular weight excluding hydrogens is 364 g/mol. The van der Waals surface area contributed by atoms with E-state index < -0.39 is 0 Å². The van der Waals surface area contributed by atoms with E-state index in [1.807, 2.05) is 18.2 Å². The largest absolute Gasteiger partial charge is 0.398 e. The van der Waals surface area contributed by atoms with Gasteiger partial charge in [0.2, 0.25) is 5.91 Å². The van der Waals surface area contributed by atoms with Gasteiger partial charge in [-0.1, -0.05) is 18.2 Å². The zero-order valence-corrected chi connectivity index (χ0v) is 15.6. The predicted molar refractivity (Wildman–Crippen MR) is 103 cm³/mol. The third-order valence-corrected chi connectivity index (χ3v) is 5.42. The zero-order valence-electron chi connectivity index (χ0n) is 14.0. The summed E-state index contributed by atoms with van der Waals surface area (Å²) in [6.07, 6.45) is 7.09. The minimum absolute atomic E-state index is 0.0142. The summed E-state index contributed by atoms with van der Waals surface area (Å²) in [7, 11) is 0. The fraction of sp³-hybridized carbons (Fsp3) is 0.350. The molecule has 2 aromatic rings. The second-order valence-corrected chi connectivity index (χ2v) is 7.28. The van der Waals surface area contributed by atoms with Gasteiger partial charge in [-0.05, 0) is 88.8 Å². The Kier molecular flexibility index (Phi) is 5.24. The topological polar surface area (TPSA) is 55.1 Å². The van der Waals surface area contributed by atoms with Crippen LogP contribution in [0.1, 0.15) is 42.0 Å². The number of nitrogens with two attached hydrogens (primary N) is 1. The van der Waals surface area contributed by atoms with Gasteiger partial charge in [0.1, 0.15) is 0 Å². The standard InChI is InChI=1S/C11H13NO.C9H10BrN/c1-8(13)12-11-7-3-5-9-4-2-6-10(9)11;10-8-5-4-6-2-1-3-7(6)9(8)11/h3,5,7H,2,4,6H2,1H3,(H,12,13);4-5H,1-3,11H2. The first-order chi connectivity index (χ1) is 11.6. The van der Waals surface area contributed by atoms with Gasteiger partial charge in [0, 0.05) is 22.8 Å². The third-order valence-electron chi connectivity index (χ3n) is 4.73. The van der Waals surface area contributed by atoms with Gasteiger partial charge < -0.3 is 11.1 Å². The average molecular weight is 387 g/mol. The monoisotopic (exact) mass is 386 g/mol. The van der Waals surface area contributed by atoms with E-state index in [9.17, 15) is 4.79 Å². The Morgan fingerprint density at radius 1 is 1.00 bits per heavy atom. The molecular formula is C20H23BrN2O. The Balaban J connectivity index is 0.000000143. The fourth-order valence-corrected chi connectivity index (χ4v) is 3.96. The van der Waals surface area contributed by atoms with Crippen molar-refractivity contribution >= 4 is 33.2 Å². The van der Waals surface area contributed by atoms with Crippen LogP contribution in [0, 0.1) is 0 Å². The molecule has 126 valence electrons. The van der Waals surface area contributed by atoms with Gasteiger partial charge >= 0.3 is 0 Å². The van der Waals surface area contributed by atoms with E-state index in [0.29, 0.717) is 0 Å². The summed E-state index contributed by atoms with van der Waals surface area (Å²) in [5, 5.41) is 2.87. The first kappa shape index (κ1) is 17.0. The van der Waals surface area contributed by atoms with Crippen molar-refractivity contribution in [3.05, 3.63) is 57.1 Å². The van der Waals surface area contributed by atoms with Crippen LogP contribution in [0.3, 0.4) is 0 Å². The van der Waals surface area contributed by atoms with Gasteiger partial charge in [-0.3, -0.25) is 4.79 Å². The van der Waals surface area contributed by atoms with Crippen LogP contribution in [0.2, 0.25) is 0 Å². The summed E-state index contributed by atoms with van der Waals surface area (Å²) in [6, 6.07) is 10.3. The molecule has 0 saturated carbocycles. The smallest absolute Gasteiger partial charge is 0.221 e. The lowest BCUT2D eigenvalue weighted by Gasteiger charge is -2.07. The molecule has 0 radical (unpaired) electrons. The van der Waals surface area contributed by atoms with Crippen molar-refractivity contribution in [2.75, 3.05) is 11.1 Å². The van der Waals surface area contributed by atoms with Gasteiger partial charge in [-0.2, -0.15) is 0 Å². The first-order valence-electron chi connectivity index (χ1n) is 8.50. The number of halogens is 1. The normalized spacial score (nSPS) is 14.4. The number of fused-ring (bicyclic) bond motifs is 2. The molecule has 0 unspecified atom stereocenters. The number of rotatable bonds is 1. The minimum atomic E-state index is 0.0142. The maximum Gasteiger partial charge on any atom is 0.221 e. The first-order valence-corrected chi connectivity index (χ1v) is 9.29. The van der Waals surface area contributed by atoms with Crippen molar-refractivity contribution < 1.29 is 4.79 Å². The summed E-state index contributed by atoms with van der Waals surface area (Å²) >= 11 is 3.42. The lowest BCUT2D eigenvalue weighted by atomic mass is 10.1. The average Bonchev–Trinajstić information content (AvgIpc) is 3.20. The van der Waals surface area contributed by atoms with Crippen molar-refractivity contribution in [2.45, 2.75) is 45.4 Å². The summed E-state index contributed by atoms with van der Waals surface area (Å²) in [6.45, 7) is 1.55. The van der Waals surface area contributed by atoms with Crippen molar-refractivity contribution in [3.63, 3.8) is 0 Å². The summed E-state index contributed by atoms with van der Waals surface area (Å²) in [4.78, 5) is 10.9. The number of hydrogen-bond acceptors (Lipinski definition) is 2. The lowest BCUT2D eigenvalue weighted by molar-refractivity contribution is -0.114. The van der Waals surface area contributed by atoms with Crippen LogP contribution in [0.4, 0.5) is 11.4 Å². The highest BCUT2D eigenvalue weighted by Gasteiger charge is 2.15. The van der Waals surface area contributed by atoms with Gasteiger partial charge in [0.25, 0.3) is 0 Å². The molecule has 4 rings (SSSR count). The number of benzene rings is 2. The predicted octanol–water partition coefficient (Wildman–Crippen LogP) is 4.65. The van der Waals surface area contributed by atoms with Crippen LogP contribution in [-0.2, 0) is 30.5 Å². The number of aryl methyl sites for hydroxylation is 2. The Bertz CT molecular complexity index is 770. The molecule has 0 aromatic heterocycles. The van der Waals surface area contributed by atoms with Crippen LogP contribution >= 0.6 is 15.9 Å². The Labute approximate surface area is 151 Å². The molecule has 0 spiro atoms. The molecule has 4 heteroatoms. The van der Waals surface area contributed by atoms with Gasteiger partial charge in [-0.25, -0.2) is 0 Å². The number of hydrogen-bond donors (Lipinski definition) is 2. The number of anilines is 2. The van der Waals surface area contributed by atoms with E-state index in [2.05, 4.69) is 33.4 Å². The molecule has 2 aliphatic rings. The molecule has 0 heterocycles. The van der Waals surface area contributed by atoms with E-state index in [1.165, 1.54) is 41.5 Å². The van der Waals surface area contributed by atoms with Gasteiger partial charge in [0.05, 0.1) is 0 Å². The molecule has 0 fully saturated rings. The quantitative estimate of drug-likeness (QED) is 0.700. The highest BCUT2D eigenvalue weighted by molar-refractivity contribution is 9.10. The highest BCUT2D eigenvalue weighted by atomic mass is 79.9. The van der Waals surface area contributed by atoms with Crippen molar-refractivity contribution in [1.29, 1.82) is 0 Å². The van der Waals surface area contributed by atoms with E-state index >= 15 is 0 Å². The van der Waals surface area contributed by atoms with Crippen molar-refractivity contribution in [1.82, 2.24) is 0 Å². The van der Waals surface area contributed by atoms with E-state index in [0.717, 1.165) is 35.1 Å². The molecule has 2 aromatic carbocycles. The molecule has 3 N–H and O–H groups in total. The van der Waals surface area contributed by atoms with E-state index in [4.69, 9.17) is 5.73 Å². The fourth-order valence-electron chi connectivity index (χ4n) is 3.59. The second-order valence-electron chi connectivity index (χ2n) is 6.43. The second kappa shape index (κ2) is 7.39. The number of nitrogen functional groups attached to an aromatic ring is 1. The lowest BCUT2D eigenvalue weighted by Crippen LogP contribution is -2.07. The van der Waals surface area contributed by atoms with E-state index in [-0.39, 0.29) is 5.91 Å². The summed E-state index contributed by atoms with van der Waals surface area (Å²) < 4.78 is 1.04. The number of amides is 1. The SMILES string of the molecule is CC(=O)Nc1cccc2c1CCC2.Nc1c(Br)ccc2c1CCC2. The highest BCUT2D eigenvalue weighted by Crippen LogP contribution is 2.32. The molecule has 0 saturated heterocycles. The molecule has 3 nitrogen and oxygen atoms in total. The van der Waals surface area contributed by atoms with Gasteiger partial charge in [0.15, 0.2) is 0 Å². The maximum absolute atomic E-state index is 10.9. The molecule has 0 bridgehead atoms. The number of nitrogens with one attached hydrogen (secondary N) is 1.